The van der Waals surface area contributed by atoms with E-state index in [1.165, 1.54) is 0 Å². The fourth-order valence-electron chi connectivity index (χ4n) is 1.53. The van der Waals surface area contributed by atoms with Crippen LogP contribution in [0, 0.1) is 0 Å². The van der Waals surface area contributed by atoms with Gasteiger partial charge in [0, 0.05) is 6.42 Å². The summed E-state index contributed by atoms with van der Waals surface area (Å²) in [7, 11) is 0. The molecule has 0 spiro atoms. The first kappa shape index (κ1) is 12.8. The number of ether oxygens (including phenoxy) is 1. The van der Waals surface area contributed by atoms with Crippen molar-refractivity contribution in [3.8, 4) is 0 Å². The Balaban J connectivity index is 2.71. The summed E-state index contributed by atoms with van der Waals surface area (Å²) in [6.45, 7) is 4.21. The molecule has 90 valence electrons. The van der Waals surface area contributed by atoms with Crippen LogP contribution in [0.25, 0.3) is 0 Å². The lowest BCUT2D eigenvalue weighted by molar-refractivity contribution is 0.185. The van der Waals surface area contributed by atoms with Crippen molar-refractivity contribution in [3.63, 3.8) is 0 Å². The van der Waals surface area contributed by atoms with Crippen LogP contribution >= 0.6 is 0 Å². The van der Waals surface area contributed by atoms with Crippen molar-refractivity contribution in [2.45, 2.75) is 39.2 Å². The highest BCUT2D eigenvalue weighted by atomic mass is 16.5. The summed E-state index contributed by atoms with van der Waals surface area (Å²) in [5.41, 5.74) is 1.08. The van der Waals surface area contributed by atoms with Gasteiger partial charge in [-0.25, -0.2) is 0 Å². The molecule has 0 aromatic carbocycles. The van der Waals surface area contributed by atoms with Gasteiger partial charge in [0.2, 0.25) is 0 Å². The van der Waals surface area contributed by atoms with Crippen LogP contribution in [-0.2, 0) is 4.74 Å². The number of hydrogen-bond donors (Lipinski definition) is 2. The van der Waals surface area contributed by atoms with E-state index in [9.17, 15) is 10.2 Å². The highest BCUT2D eigenvalue weighted by molar-refractivity contribution is 5.32. The van der Waals surface area contributed by atoms with Crippen molar-refractivity contribution in [1.82, 2.24) is 0 Å². The minimum atomic E-state index is -0.300. The number of aliphatic hydroxyl groups excluding tert-OH is 2. The Morgan fingerprint density at radius 3 is 2.88 bits per heavy atom. The maximum absolute atomic E-state index is 9.68. The zero-order chi connectivity index (χ0) is 12.0. The molecule has 0 heterocycles. The fourth-order valence-corrected chi connectivity index (χ4v) is 1.53. The summed E-state index contributed by atoms with van der Waals surface area (Å²) in [5, 5.41) is 18.9. The highest BCUT2D eigenvalue weighted by Gasteiger charge is 2.08. The van der Waals surface area contributed by atoms with E-state index in [-0.39, 0.29) is 11.9 Å². The Labute approximate surface area is 96.7 Å². The molecule has 3 heteroatoms. The van der Waals surface area contributed by atoms with Gasteiger partial charge >= 0.3 is 0 Å². The van der Waals surface area contributed by atoms with Crippen LogP contribution < -0.4 is 0 Å². The molecule has 1 aliphatic rings. The van der Waals surface area contributed by atoms with E-state index >= 15 is 0 Å². The van der Waals surface area contributed by atoms with E-state index in [1.54, 1.807) is 6.92 Å². The van der Waals surface area contributed by atoms with Crippen molar-refractivity contribution < 1.29 is 14.9 Å². The quantitative estimate of drug-likeness (QED) is 0.755. The van der Waals surface area contributed by atoms with Crippen molar-refractivity contribution in [1.29, 1.82) is 0 Å². The van der Waals surface area contributed by atoms with Gasteiger partial charge in [-0.2, -0.15) is 0 Å². The largest absolute Gasteiger partial charge is 0.508 e. The summed E-state index contributed by atoms with van der Waals surface area (Å²) in [4.78, 5) is 0. The molecule has 0 radical (unpaired) electrons. The van der Waals surface area contributed by atoms with Crippen molar-refractivity contribution >= 4 is 0 Å². The minimum Gasteiger partial charge on any atom is -0.508 e. The second-order valence-corrected chi connectivity index (χ2v) is 3.96. The third-order valence-electron chi connectivity index (χ3n) is 2.39. The molecule has 0 saturated carbocycles. The summed E-state index contributed by atoms with van der Waals surface area (Å²) in [6, 6.07) is 0. The topological polar surface area (TPSA) is 49.7 Å². The Morgan fingerprint density at radius 1 is 1.50 bits per heavy atom. The molecule has 0 fully saturated rings. The van der Waals surface area contributed by atoms with E-state index in [2.05, 4.69) is 0 Å². The lowest BCUT2D eigenvalue weighted by atomic mass is 10.1. The maximum atomic E-state index is 9.68. The molecule has 0 saturated heterocycles. The number of hydrogen-bond acceptors (Lipinski definition) is 3. The molecule has 1 atom stereocenters. The van der Waals surface area contributed by atoms with E-state index in [1.807, 2.05) is 25.2 Å². The van der Waals surface area contributed by atoms with Crippen molar-refractivity contribution in [2.75, 3.05) is 6.61 Å². The fraction of sp³-hybridized carbons (Fsp3) is 0.538. The zero-order valence-corrected chi connectivity index (χ0v) is 9.94. The van der Waals surface area contributed by atoms with E-state index < -0.39 is 0 Å². The van der Waals surface area contributed by atoms with E-state index in [0.717, 1.165) is 18.4 Å². The van der Waals surface area contributed by atoms with Gasteiger partial charge < -0.3 is 14.9 Å². The second-order valence-electron chi connectivity index (χ2n) is 3.96. The minimum absolute atomic E-state index is 0.269. The molecular formula is C13H20O3. The predicted octanol–water partition coefficient (Wildman–Crippen LogP) is 2.84. The van der Waals surface area contributed by atoms with Crippen LogP contribution in [0.5, 0.6) is 0 Å². The van der Waals surface area contributed by atoms with Crippen LogP contribution in [0.15, 0.2) is 35.3 Å². The van der Waals surface area contributed by atoms with Gasteiger partial charge in [-0.05, 0) is 38.3 Å². The molecule has 0 aromatic rings. The standard InChI is InChI=1S/C13H20O3/c1-3-16-13-9-11(8-7-10(2)14)5-4-6-12(13)15/h4-5,9-10,14-15H,3,6-8H2,1-2H3. The highest BCUT2D eigenvalue weighted by Crippen LogP contribution is 2.20. The Morgan fingerprint density at radius 2 is 2.25 bits per heavy atom. The number of aliphatic hydroxyl groups is 2. The first-order valence-corrected chi connectivity index (χ1v) is 5.73. The third-order valence-corrected chi connectivity index (χ3v) is 2.39. The molecule has 0 aromatic heterocycles. The summed E-state index contributed by atoms with van der Waals surface area (Å²) in [5.74, 6) is 0.818. The monoisotopic (exact) mass is 224 g/mol. The number of allylic oxidation sites excluding steroid dienone is 4. The van der Waals surface area contributed by atoms with Crippen LogP contribution in [0.1, 0.15) is 33.1 Å². The van der Waals surface area contributed by atoms with Gasteiger partial charge in [0.25, 0.3) is 0 Å². The van der Waals surface area contributed by atoms with Gasteiger partial charge in [-0.3, -0.25) is 0 Å². The first-order chi connectivity index (χ1) is 7.63. The van der Waals surface area contributed by atoms with Gasteiger partial charge in [0.15, 0.2) is 5.76 Å². The summed E-state index contributed by atoms with van der Waals surface area (Å²) >= 11 is 0. The normalized spacial score (nSPS) is 18.1. The van der Waals surface area contributed by atoms with Crippen molar-refractivity contribution in [3.05, 3.63) is 35.3 Å². The van der Waals surface area contributed by atoms with Crippen LogP contribution in [-0.4, -0.2) is 22.9 Å². The SMILES string of the molecule is CCOC1=C(O)CC=CC(CCC(C)O)=C1. The molecule has 0 bridgehead atoms. The lowest BCUT2D eigenvalue weighted by Gasteiger charge is -2.08. The average Bonchev–Trinajstić information content (AvgIpc) is 2.39. The second kappa shape index (κ2) is 6.38. The molecule has 16 heavy (non-hydrogen) atoms. The Bertz CT molecular complexity index is 311. The first-order valence-electron chi connectivity index (χ1n) is 5.73. The van der Waals surface area contributed by atoms with Gasteiger partial charge in [-0.1, -0.05) is 12.2 Å². The average molecular weight is 224 g/mol. The van der Waals surface area contributed by atoms with Crippen LogP contribution in [0.4, 0.5) is 0 Å². The van der Waals surface area contributed by atoms with Gasteiger partial charge in [0.1, 0.15) is 5.76 Å². The third kappa shape index (κ3) is 4.11. The van der Waals surface area contributed by atoms with Crippen LogP contribution in [0.2, 0.25) is 0 Å². The molecule has 0 aliphatic heterocycles. The Hall–Kier alpha value is -1.22. The molecular weight excluding hydrogens is 204 g/mol. The summed E-state index contributed by atoms with van der Waals surface area (Å²) in [6.07, 6.45) is 7.45. The lowest BCUT2D eigenvalue weighted by Crippen LogP contribution is -1.99. The summed E-state index contributed by atoms with van der Waals surface area (Å²) < 4.78 is 5.36. The predicted molar refractivity (Wildman–Crippen MR) is 64.0 cm³/mol. The van der Waals surface area contributed by atoms with Crippen LogP contribution in [0.3, 0.4) is 0 Å². The molecule has 3 nitrogen and oxygen atoms in total. The zero-order valence-electron chi connectivity index (χ0n) is 9.94. The smallest absolute Gasteiger partial charge is 0.157 e. The van der Waals surface area contributed by atoms with Gasteiger partial charge in [-0.15, -0.1) is 0 Å². The Kier molecular flexibility index (Phi) is 5.12. The molecule has 1 rings (SSSR count). The molecule has 2 N–H and O–H groups in total. The number of rotatable bonds is 5. The maximum Gasteiger partial charge on any atom is 0.157 e. The van der Waals surface area contributed by atoms with Crippen molar-refractivity contribution in [2.24, 2.45) is 0 Å². The molecule has 0 amide bonds. The molecule has 1 aliphatic carbocycles. The van der Waals surface area contributed by atoms with E-state index in [4.69, 9.17) is 4.74 Å². The van der Waals surface area contributed by atoms with Gasteiger partial charge in [0.05, 0.1) is 12.7 Å². The van der Waals surface area contributed by atoms with E-state index in [0.29, 0.717) is 18.8 Å². The molecule has 1 unspecified atom stereocenters.